The summed E-state index contributed by atoms with van der Waals surface area (Å²) in [5, 5.41) is 3.31. The summed E-state index contributed by atoms with van der Waals surface area (Å²) in [5.74, 6) is -1.15. The van der Waals surface area contributed by atoms with E-state index >= 15 is 0 Å². The van der Waals surface area contributed by atoms with Crippen LogP contribution in [-0.2, 0) is 26.2 Å². The van der Waals surface area contributed by atoms with E-state index < -0.39 is 34.3 Å². The summed E-state index contributed by atoms with van der Waals surface area (Å²) >= 11 is 6.14. The maximum Gasteiger partial charge on any atom is 0.264 e. The molecule has 2 amide bonds. The average molecular weight is 588 g/mol. The Morgan fingerprint density at radius 1 is 1.00 bits per heavy atom. The minimum absolute atomic E-state index is 0.00839. The molecule has 3 aromatic carbocycles. The zero-order valence-corrected chi connectivity index (χ0v) is 24.7. The van der Waals surface area contributed by atoms with Gasteiger partial charge in [0, 0.05) is 18.1 Å². The van der Waals surface area contributed by atoms with E-state index in [0.717, 1.165) is 4.31 Å². The molecular formula is C30H35ClFN3O4S. The van der Waals surface area contributed by atoms with Gasteiger partial charge in [0.1, 0.15) is 18.4 Å². The van der Waals surface area contributed by atoms with Crippen LogP contribution in [0.2, 0.25) is 5.02 Å². The molecule has 0 fully saturated rings. The highest BCUT2D eigenvalue weighted by Gasteiger charge is 2.34. The molecular weight excluding hydrogens is 553 g/mol. The SMILES string of the molecule is CCC(C(=O)NCC(C)C)N(Cc1ccc(F)cc1)C(=O)CN(c1ccc(Cl)cc1C)S(=O)(=O)c1ccccc1. The summed E-state index contributed by atoms with van der Waals surface area (Å²) in [6, 6.07) is 17.3. The molecule has 1 atom stereocenters. The summed E-state index contributed by atoms with van der Waals surface area (Å²) < 4.78 is 42.4. The molecule has 7 nitrogen and oxygen atoms in total. The quantitative estimate of drug-likeness (QED) is 0.300. The van der Waals surface area contributed by atoms with Crippen molar-refractivity contribution in [3.63, 3.8) is 0 Å². The van der Waals surface area contributed by atoms with Gasteiger partial charge in [-0.2, -0.15) is 0 Å². The maximum atomic E-state index is 14.0. The molecule has 1 N–H and O–H groups in total. The Balaban J connectivity index is 2.06. The van der Waals surface area contributed by atoms with E-state index in [-0.39, 0.29) is 23.3 Å². The first-order valence-corrected chi connectivity index (χ1v) is 14.9. The number of hydrogen-bond acceptors (Lipinski definition) is 4. The normalized spacial score (nSPS) is 12.2. The van der Waals surface area contributed by atoms with Gasteiger partial charge in [0.25, 0.3) is 10.0 Å². The number of rotatable bonds is 12. The molecule has 0 radical (unpaired) electrons. The number of anilines is 1. The monoisotopic (exact) mass is 587 g/mol. The third-order valence-electron chi connectivity index (χ3n) is 6.37. The molecule has 3 rings (SSSR count). The van der Waals surface area contributed by atoms with Crippen LogP contribution in [0.25, 0.3) is 0 Å². The third kappa shape index (κ3) is 7.82. The fourth-order valence-corrected chi connectivity index (χ4v) is 5.99. The number of halogens is 2. The van der Waals surface area contributed by atoms with Crippen molar-refractivity contribution in [3.05, 3.63) is 94.8 Å². The number of carbonyl (C=O) groups excluding carboxylic acids is 2. The standard InChI is InChI=1S/C30H35ClFN3O4S/c1-5-27(30(37)33-18-21(2)3)34(19-23-11-14-25(32)15-12-23)29(36)20-35(28-16-13-24(31)17-22(28)4)40(38,39)26-9-7-6-8-10-26/h6-17,21,27H,5,18-20H2,1-4H3,(H,33,37). The van der Waals surface area contributed by atoms with Crippen molar-refractivity contribution >= 4 is 39.1 Å². The van der Waals surface area contributed by atoms with Crippen LogP contribution in [0.4, 0.5) is 10.1 Å². The number of amides is 2. The van der Waals surface area contributed by atoms with Crippen LogP contribution in [0.5, 0.6) is 0 Å². The van der Waals surface area contributed by atoms with Crippen molar-refractivity contribution < 1.29 is 22.4 Å². The predicted molar refractivity (Wildman–Crippen MR) is 156 cm³/mol. The van der Waals surface area contributed by atoms with Gasteiger partial charge in [-0.15, -0.1) is 0 Å². The molecule has 0 aliphatic carbocycles. The highest BCUT2D eigenvalue weighted by molar-refractivity contribution is 7.92. The number of nitrogens with one attached hydrogen (secondary N) is 1. The van der Waals surface area contributed by atoms with Crippen LogP contribution in [-0.4, -0.2) is 44.3 Å². The van der Waals surface area contributed by atoms with E-state index in [1.54, 1.807) is 50.2 Å². The Bertz CT molecular complexity index is 1420. The molecule has 0 bridgehead atoms. The lowest BCUT2D eigenvalue weighted by molar-refractivity contribution is -0.140. The molecule has 214 valence electrons. The van der Waals surface area contributed by atoms with Crippen LogP contribution in [0.15, 0.2) is 77.7 Å². The molecule has 10 heteroatoms. The highest BCUT2D eigenvalue weighted by atomic mass is 35.5. The molecule has 0 aromatic heterocycles. The number of carbonyl (C=O) groups is 2. The van der Waals surface area contributed by atoms with Crippen LogP contribution < -0.4 is 9.62 Å². The third-order valence-corrected chi connectivity index (χ3v) is 8.38. The summed E-state index contributed by atoms with van der Waals surface area (Å²) in [7, 11) is -4.18. The molecule has 0 saturated heterocycles. The minimum Gasteiger partial charge on any atom is -0.354 e. The van der Waals surface area contributed by atoms with E-state index in [4.69, 9.17) is 11.6 Å². The fraction of sp³-hybridized carbons (Fsp3) is 0.333. The van der Waals surface area contributed by atoms with E-state index in [1.807, 2.05) is 13.8 Å². The van der Waals surface area contributed by atoms with Crippen LogP contribution in [0, 0.1) is 18.7 Å². The van der Waals surface area contributed by atoms with Crippen LogP contribution in [0.3, 0.4) is 0 Å². The lowest BCUT2D eigenvalue weighted by atomic mass is 10.1. The Kier molecular flexibility index (Phi) is 10.7. The second kappa shape index (κ2) is 13.8. The van der Waals surface area contributed by atoms with Crippen molar-refractivity contribution in [2.45, 2.75) is 51.6 Å². The number of nitrogens with zero attached hydrogens (tertiary/aromatic N) is 2. The molecule has 0 aliphatic rings. The van der Waals surface area contributed by atoms with Gasteiger partial charge in [-0.1, -0.05) is 62.7 Å². The fourth-order valence-electron chi connectivity index (χ4n) is 4.26. The lowest BCUT2D eigenvalue weighted by Gasteiger charge is -2.33. The van der Waals surface area contributed by atoms with Gasteiger partial charge in [0.15, 0.2) is 0 Å². The Hall–Kier alpha value is -3.43. The average Bonchev–Trinajstić information content (AvgIpc) is 2.92. The molecule has 0 saturated carbocycles. The van der Waals surface area contributed by atoms with Crippen molar-refractivity contribution in [3.8, 4) is 0 Å². The first-order chi connectivity index (χ1) is 18.9. The number of sulfonamides is 1. The molecule has 3 aromatic rings. The molecule has 0 spiro atoms. The molecule has 0 heterocycles. The van der Waals surface area contributed by atoms with Gasteiger partial charge in [0.05, 0.1) is 10.6 Å². The van der Waals surface area contributed by atoms with Crippen molar-refractivity contribution in [1.29, 1.82) is 0 Å². The Labute approximate surface area is 241 Å². The first kappa shape index (κ1) is 31.1. The smallest absolute Gasteiger partial charge is 0.264 e. The largest absolute Gasteiger partial charge is 0.354 e. The lowest BCUT2D eigenvalue weighted by Crippen LogP contribution is -2.52. The van der Waals surface area contributed by atoms with Gasteiger partial charge < -0.3 is 10.2 Å². The highest BCUT2D eigenvalue weighted by Crippen LogP contribution is 2.29. The molecule has 40 heavy (non-hydrogen) atoms. The van der Waals surface area contributed by atoms with E-state index in [2.05, 4.69) is 5.32 Å². The summed E-state index contributed by atoms with van der Waals surface area (Å²) in [6.07, 6.45) is 0.294. The van der Waals surface area contributed by atoms with E-state index in [9.17, 15) is 22.4 Å². The summed E-state index contributed by atoms with van der Waals surface area (Å²) in [4.78, 5) is 28.6. The second-order valence-corrected chi connectivity index (χ2v) is 12.3. The van der Waals surface area contributed by atoms with Crippen molar-refractivity contribution in [2.24, 2.45) is 5.92 Å². The number of aryl methyl sites for hydroxylation is 1. The van der Waals surface area contributed by atoms with Gasteiger partial charge in [-0.05, 0) is 72.9 Å². The zero-order chi connectivity index (χ0) is 29.4. The molecule has 1 unspecified atom stereocenters. The summed E-state index contributed by atoms with van der Waals surface area (Å²) in [6.45, 7) is 7.27. The summed E-state index contributed by atoms with van der Waals surface area (Å²) in [5.41, 5.74) is 1.46. The Morgan fingerprint density at radius 3 is 2.23 bits per heavy atom. The second-order valence-electron chi connectivity index (χ2n) is 9.97. The predicted octanol–water partition coefficient (Wildman–Crippen LogP) is 5.56. The van der Waals surface area contributed by atoms with Crippen LogP contribution >= 0.6 is 11.6 Å². The van der Waals surface area contributed by atoms with Crippen LogP contribution in [0.1, 0.15) is 38.3 Å². The number of benzene rings is 3. The maximum absolute atomic E-state index is 14.0. The van der Waals surface area contributed by atoms with Crippen molar-refractivity contribution in [1.82, 2.24) is 10.2 Å². The van der Waals surface area contributed by atoms with Gasteiger partial charge in [0.2, 0.25) is 11.8 Å². The first-order valence-electron chi connectivity index (χ1n) is 13.1. The Morgan fingerprint density at radius 2 is 1.65 bits per heavy atom. The van der Waals surface area contributed by atoms with Crippen molar-refractivity contribution in [2.75, 3.05) is 17.4 Å². The zero-order valence-electron chi connectivity index (χ0n) is 23.1. The minimum atomic E-state index is -4.18. The van der Waals surface area contributed by atoms with Gasteiger partial charge in [-0.25, -0.2) is 12.8 Å². The topological polar surface area (TPSA) is 86.8 Å². The molecule has 0 aliphatic heterocycles. The van der Waals surface area contributed by atoms with Gasteiger partial charge in [-0.3, -0.25) is 13.9 Å². The van der Waals surface area contributed by atoms with E-state index in [0.29, 0.717) is 34.8 Å². The van der Waals surface area contributed by atoms with E-state index in [1.165, 1.54) is 41.3 Å². The van der Waals surface area contributed by atoms with Gasteiger partial charge >= 0.3 is 0 Å². The number of hydrogen-bond donors (Lipinski definition) is 1.